The van der Waals surface area contributed by atoms with Gasteiger partial charge in [0, 0.05) is 18.7 Å². The molecule has 3 N–H and O–H groups in total. The molecule has 1 aliphatic heterocycles. The smallest absolute Gasteiger partial charge is 0.242 e. The van der Waals surface area contributed by atoms with E-state index < -0.39 is 6.10 Å². The van der Waals surface area contributed by atoms with Gasteiger partial charge in [0.2, 0.25) is 5.91 Å². The van der Waals surface area contributed by atoms with E-state index in [4.69, 9.17) is 0 Å². The molecule has 1 amide bonds. The number of nitrogens with one attached hydrogen (secondary N) is 2. The molecule has 2 unspecified atom stereocenters. The van der Waals surface area contributed by atoms with Crippen molar-refractivity contribution in [1.82, 2.24) is 5.32 Å². The number of benzene rings is 1. The maximum atomic E-state index is 12.1. The summed E-state index contributed by atoms with van der Waals surface area (Å²) in [6, 6.07) is 9.54. The third kappa shape index (κ3) is 2.69. The fraction of sp³-hybridized carbons (Fsp3) is 0.267. The average Bonchev–Trinajstić information content (AvgIpc) is 3.12. The molecule has 5 heteroatoms. The number of anilines is 1. The van der Waals surface area contributed by atoms with E-state index in [0.29, 0.717) is 6.42 Å². The van der Waals surface area contributed by atoms with E-state index in [0.717, 1.165) is 16.8 Å². The van der Waals surface area contributed by atoms with Crippen LogP contribution in [0.4, 0.5) is 5.69 Å². The summed E-state index contributed by atoms with van der Waals surface area (Å²) in [5.74, 6) is -0.0736. The molecule has 2 heterocycles. The molecular formula is C15H16N2O2S. The highest BCUT2D eigenvalue weighted by molar-refractivity contribution is 7.07. The Morgan fingerprint density at radius 3 is 3.05 bits per heavy atom. The van der Waals surface area contributed by atoms with Crippen LogP contribution in [-0.2, 0) is 11.2 Å². The quantitative estimate of drug-likeness (QED) is 0.805. The molecule has 1 aromatic heterocycles. The molecule has 1 aromatic carbocycles. The van der Waals surface area contributed by atoms with Gasteiger partial charge in [0.05, 0.1) is 6.10 Å². The number of aliphatic hydroxyl groups is 1. The normalized spacial score (nSPS) is 18.1. The first-order chi connectivity index (χ1) is 9.74. The van der Waals surface area contributed by atoms with Gasteiger partial charge in [0.1, 0.15) is 6.04 Å². The molecule has 3 rings (SSSR count). The number of para-hydroxylation sites is 1. The summed E-state index contributed by atoms with van der Waals surface area (Å²) in [6.07, 6.45) is 0.0466. The van der Waals surface area contributed by atoms with Crippen molar-refractivity contribution in [3.63, 3.8) is 0 Å². The number of fused-ring (bicyclic) bond motifs is 1. The van der Waals surface area contributed by atoms with Gasteiger partial charge in [-0.2, -0.15) is 11.3 Å². The van der Waals surface area contributed by atoms with Crippen LogP contribution in [-0.4, -0.2) is 23.6 Å². The molecule has 0 spiro atoms. The Bertz CT molecular complexity index is 573. The number of amides is 1. The van der Waals surface area contributed by atoms with Crippen molar-refractivity contribution in [2.45, 2.75) is 18.6 Å². The third-order valence-corrected chi connectivity index (χ3v) is 4.19. The van der Waals surface area contributed by atoms with Gasteiger partial charge in [0.25, 0.3) is 0 Å². The minimum Gasteiger partial charge on any atom is -0.387 e. The number of carbonyl (C=O) groups excluding carboxylic acids is 1. The zero-order chi connectivity index (χ0) is 13.9. The number of rotatable bonds is 4. The van der Waals surface area contributed by atoms with E-state index in [-0.39, 0.29) is 18.5 Å². The van der Waals surface area contributed by atoms with Crippen molar-refractivity contribution in [2.75, 3.05) is 11.9 Å². The molecule has 0 bridgehead atoms. The monoisotopic (exact) mass is 288 g/mol. The van der Waals surface area contributed by atoms with E-state index in [1.165, 1.54) is 11.3 Å². The first-order valence-electron chi connectivity index (χ1n) is 6.56. The molecular weight excluding hydrogens is 272 g/mol. The Balaban J connectivity index is 1.54. The first-order valence-corrected chi connectivity index (χ1v) is 7.50. The molecule has 4 nitrogen and oxygen atoms in total. The van der Waals surface area contributed by atoms with Gasteiger partial charge in [-0.1, -0.05) is 18.2 Å². The summed E-state index contributed by atoms with van der Waals surface area (Å²) in [4.78, 5) is 12.1. The average molecular weight is 288 g/mol. The Hall–Kier alpha value is -1.85. The minimum absolute atomic E-state index is 0.0736. The van der Waals surface area contributed by atoms with Crippen LogP contribution >= 0.6 is 11.3 Å². The first kappa shape index (κ1) is 13.1. The lowest BCUT2D eigenvalue weighted by atomic mass is 10.1. The number of hydrogen-bond acceptors (Lipinski definition) is 4. The van der Waals surface area contributed by atoms with Gasteiger partial charge in [-0.3, -0.25) is 4.79 Å². The van der Waals surface area contributed by atoms with Crippen molar-refractivity contribution in [3.8, 4) is 0 Å². The summed E-state index contributed by atoms with van der Waals surface area (Å²) in [5.41, 5.74) is 3.02. The highest BCUT2D eigenvalue weighted by atomic mass is 32.1. The number of aliphatic hydroxyl groups excluding tert-OH is 1. The van der Waals surface area contributed by atoms with Crippen molar-refractivity contribution >= 4 is 22.9 Å². The lowest BCUT2D eigenvalue weighted by molar-refractivity contribution is -0.122. The maximum Gasteiger partial charge on any atom is 0.242 e. The van der Waals surface area contributed by atoms with E-state index in [9.17, 15) is 9.90 Å². The van der Waals surface area contributed by atoms with Gasteiger partial charge in [0.15, 0.2) is 0 Å². The Kier molecular flexibility index (Phi) is 3.71. The molecule has 104 valence electrons. The fourth-order valence-electron chi connectivity index (χ4n) is 2.36. The number of hydrogen-bond donors (Lipinski definition) is 3. The Morgan fingerprint density at radius 2 is 2.30 bits per heavy atom. The highest BCUT2D eigenvalue weighted by Crippen LogP contribution is 2.25. The predicted molar refractivity (Wildman–Crippen MR) is 79.8 cm³/mol. The van der Waals surface area contributed by atoms with Crippen molar-refractivity contribution in [2.24, 2.45) is 0 Å². The van der Waals surface area contributed by atoms with Gasteiger partial charge >= 0.3 is 0 Å². The van der Waals surface area contributed by atoms with E-state index in [1.54, 1.807) is 0 Å². The molecule has 0 saturated carbocycles. The summed E-state index contributed by atoms with van der Waals surface area (Å²) in [5, 5.41) is 19.7. The van der Waals surface area contributed by atoms with Crippen LogP contribution in [0.2, 0.25) is 0 Å². The Morgan fingerprint density at radius 1 is 1.45 bits per heavy atom. The Labute approximate surface area is 121 Å². The molecule has 0 radical (unpaired) electrons. The number of carbonyl (C=O) groups is 1. The SMILES string of the molecule is O=C(NCC(O)c1ccsc1)C1Cc2ccccc2N1. The summed E-state index contributed by atoms with van der Waals surface area (Å²) in [7, 11) is 0. The molecule has 0 saturated heterocycles. The molecule has 2 atom stereocenters. The van der Waals surface area contributed by atoms with E-state index >= 15 is 0 Å². The van der Waals surface area contributed by atoms with Crippen LogP contribution in [0.25, 0.3) is 0 Å². The predicted octanol–water partition coefficient (Wildman–Crippen LogP) is 1.93. The van der Waals surface area contributed by atoms with E-state index in [2.05, 4.69) is 10.6 Å². The fourth-order valence-corrected chi connectivity index (χ4v) is 3.07. The minimum atomic E-state index is -0.644. The van der Waals surface area contributed by atoms with Gasteiger partial charge < -0.3 is 15.7 Å². The second kappa shape index (κ2) is 5.64. The largest absolute Gasteiger partial charge is 0.387 e. The lowest BCUT2D eigenvalue weighted by Gasteiger charge is -2.14. The summed E-state index contributed by atoms with van der Waals surface area (Å²) < 4.78 is 0. The van der Waals surface area contributed by atoms with Crippen LogP contribution in [0.3, 0.4) is 0 Å². The third-order valence-electron chi connectivity index (χ3n) is 3.49. The van der Waals surface area contributed by atoms with E-state index in [1.807, 2.05) is 41.1 Å². The van der Waals surface area contributed by atoms with Crippen molar-refractivity contribution < 1.29 is 9.90 Å². The second-order valence-corrected chi connectivity index (χ2v) is 5.66. The van der Waals surface area contributed by atoms with Gasteiger partial charge in [-0.25, -0.2) is 0 Å². The molecule has 2 aromatic rings. The van der Waals surface area contributed by atoms with Crippen LogP contribution in [0.1, 0.15) is 17.2 Å². The van der Waals surface area contributed by atoms with Crippen LogP contribution in [0.5, 0.6) is 0 Å². The maximum absolute atomic E-state index is 12.1. The zero-order valence-corrected chi connectivity index (χ0v) is 11.7. The van der Waals surface area contributed by atoms with Crippen molar-refractivity contribution in [1.29, 1.82) is 0 Å². The molecule has 0 fully saturated rings. The molecule has 0 aliphatic carbocycles. The summed E-state index contributed by atoms with van der Waals surface area (Å²) in [6.45, 7) is 0.240. The van der Waals surface area contributed by atoms with Crippen molar-refractivity contribution in [3.05, 3.63) is 52.2 Å². The summed E-state index contributed by atoms with van der Waals surface area (Å²) >= 11 is 1.53. The topological polar surface area (TPSA) is 61.4 Å². The van der Waals surface area contributed by atoms with Gasteiger partial charge in [-0.05, 0) is 34.0 Å². The van der Waals surface area contributed by atoms with Crippen LogP contribution < -0.4 is 10.6 Å². The zero-order valence-electron chi connectivity index (χ0n) is 10.9. The molecule has 1 aliphatic rings. The number of thiophene rings is 1. The highest BCUT2D eigenvalue weighted by Gasteiger charge is 2.26. The second-order valence-electron chi connectivity index (χ2n) is 4.88. The van der Waals surface area contributed by atoms with Crippen LogP contribution in [0.15, 0.2) is 41.1 Å². The lowest BCUT2D eigenvalue weighted by Crippen LogP contribution is -2.40. The van der Waals surface area contributed by atoms with Crippen LogP contribution in [0, 0.1) is 0 Å². The van der Waals surface area contributed by atoms with Gasteiger partial charge in [-0.15, -0.1) is 0 Å². The molecule has 20 heavy (non-hydrogen) atoms. The standard InChI is InChI=1S/C15H16N2O2S/c18-14(11-5-6-20-9-11)8-16-15(19)13-7-10-3-1-2-4-12(10)17-13/h1-6,9,13-14,17-18H,7-8H2,(H,16,19).